The van der Waals surface area contributed by atoms with Crippen molar-refractivity contribution in [2.24, 2.45) is 0 Å². The lowest BCUT2D eigenvalue weighted by Gasteiger charge is -2.26. The number of methoxy groups -OCH3 is 1. The number of benzene rings is 1. The van der Waals surface area contributed by atoms with Crippen LogP contribution in [0.4, 0.5) is 4.39 Å². The average Bonchev–Trinajstić information content (AvgIpc) is 2.32. The molecule has 0 radical (unpaired) electrons. The summed E-state index contributed by atoms with van der Waals surface area (Å²) in [5.41, 5.74) is 0.995. The molecule has 4 heteroatoms. The summed E-state index contributed by atoms with van der Waals surface area (Å²) in [7, 11) is 1.58. The van der Waals surface area contributed by atoms with Crippen LogP contribution in [0.1, 0.15) is 29.8 Å². The molecule has 0 aliphatic carbocycles. The van der Waals surface area contributed by atoms with Gasteiger partial charge in [0.05, 0.1) is 12.2 Å². The van der Waals surface area contributed by atoms with E-state index in [4.69, 9.17) is 4.74 Å². The summed E-state index contributed by atoms with van der Waals surface area (Å²) in [6, 6.07) is 4.57. The first-order chi connectivity index (χ1) is 8.47. The highest BCUT2D eigenvalue weighted by Gasteiger charge is 2.21. The Bertz CT molecular complexity index is 418. The van der Waals surface area contributed by atoms with Crippen molar-refractivity contribution in [3.05, 3.63) is 35.1 Å². The zero-order chi connectivity index (χ0) is 13.7. The maximum atomic E-state index is 13.7. The first-order valence-electron chi connectivity index (χ1n) is 6.03. The predicted molar refractivity (Wildman–Crippen MR) is 69.2 cm³/mol. The maximum absolute atomic E-state index is 13.7. The highest BCUT2D eigenvalue weighted by atomic mass is 19.1. The summed E-state index contributed by atoms with van der Waals surface area (Å²) in [5.74, 6) is -0.767. The van der Waals surface area contributed by atoms with Gasteiger partial charge in [-0.05, 0) is 32.9 Å². The van der Waals surface area contributed by atoms with E-state index in [1.165, 1.54) is 6.07 Å². The Morgan fingerprint density at radius 3 is 2.67 bits per heavy atom. The summed E-state index contributed by atoms with van der Waals surface area (Å²) in [6.07, 6.45) is 0. The molecule has 0 N–H and O–H groups in total. The number of rotatable bonds is 5. The lowest BCUT2D eigenvalue weighted by molar-refractivity contribution is 0.0630. The van der Waals surface area contributed by atoms with Crippen molar-refractivity contribution in [1.82, 2.24) is 4.90 Å². The van der Waals surface area contributed by atoms with Crippen molar-refractivity contribution in [2.75, 3.05) is 20.3 Å². The van der Waals surface area contributed by atoms with Gasteiger partial charge < -0.3 is 9.64 Å². The molecule has 0 saturated heterocycles. The van der Waals surface area contributed by atoms with Crippen LogP contribution < -0.4 is 0 Å². The first-order valence-corrected chi connectivity index (χ1v) is 6.03. The monoisotopic (exact) mass is 253 g/mol. The van der Waals surface area contributed by atoms with Crippen LogP contribution in [-0.4, -0.2) is 37.1 Å². The van der Waals surface area contributed by atoms with Gasteiger partial charge in [-0.25, -0.2) is 4.39 Å². The third-order valence-electron chi connectivity index (χ3n) is 2.77. The van der Waals surface area contributed by atoms with Gasteiger partial charge in [-0.2, -0.15) is 0 Å². The number of nitrogens with zero attached hydrogens (tertiary/aromatic N) is 1. The van der Waals surface area contributed by atoms with Gasteiger partial charge in [0.15, 0.2) is 0 Å². The maximum Gasteiger partial charge on any atom is 0.257 e. The minimum atomic E-state index is -0.478. The summed E-state index contributed by atoms with van der Waals surface area (Å²) in [4.78, 5) is 13.9. The van der Waals surface area contributed by atoms with Crippen LogP contribution in [0.25, 0.3) is 0 Å². The second-order valence-electron chi connectivity index (χ2n) is 4.57. The lowest BCUT2D eigenvalue weighted by atomic mass is 10.1. The van der Waals surface area contributed by atoms with Crippen molar-refractivity contribution in [1.29, 1.82) is 0 Å². The highest BCUT2D eigenvalue weighted by molar-refractivity contribution is 5.94. The van der Waals surface area contributed by atoms with E-state index in [2.05, 4.69) is 0 Å². The molecule has 0 bridgehead atoms. The van der Waals surface area contributed by atoms with Crippen LogP contribution in [0.3, 0.4) is 0 Å². The number of carbonyl (C=O) groups is 1. The van der Waals surface area contributed by atoms with E-state index in [1.807, 2.05) is 20.8 Å². The van der Waals surface area contributed by atoms with Crippen molar-refractivity contribution in [2.45, 2.75) is 26.8 Å². The van der Waals surface area contributed by atoms with Gasteiger partial charge >= 0.3 is 0 Å². The number of aryl methyl sites for hydroxylation is 1. The van der Waals surface area contributed by atoms with Gasteiger partial charge in [-0.3, -0.25) is 4.79 Å². The SMILES string of the molecule is COCCN(C(=O)c1cc(C)ccc1F)C(C)C. The topological polar surface area (TPSA) is 29.5 Å². The van der Waals surface area contributed by atoms with E-state index in [-0.39, 0.29) is 17.5 Å². The normalized spacial score (nSPS) is 10.8. The molecule has 3 nitrogen and oxygen atoms in total. The molecule has 0 saturated carbocycles. The molecular formula is C14H20FNO2. The number of hydrogen-bond donors (Lipinski definition) is 0. The average molecular weight is 253 g/mol. The summed E-state index contributed by atoms with van der Waals surface area (Å²) in [5, 5.41) is 0. The quantitative estimate of drug-likeness (QED) is 0.807. The first kappa shape index (κ1) is 14.6. The molecule has 18 heavy (non-hydrogen) atoms. The molecule has 0 aromatic heterocycles. The van der Waals surface area contributed by atoms with E-state index < -0.39 is 5.82 Å². The molecule has 0 fully saturated rings. The van der Waals surface area contributed by atoms with Crippen molar-refractivity contribution < 1.29 is 13.9 Å². The molecule has 1 aromatic carbocycles. The molecular weight excluding hydrogens is 233 g/mol. The number of hydrogen-bond acceptors (Lipinski definition) is 2. The van der Waals surface area contributed by atoms with Gasteiger partial charge in [0.25, 0.3) is 5.91 Å². The summed E-state index contributed by atoms with van der Waals surface area (Å²) < 4.78 is 18.7. The van der Waals surface area contributed by atoms with E-state index >= 15 is 0 Å². The van der Waals surface area contributed by atoms with Gasteiger partial charge in [0.2, 0.25) is 0 Å². The Balaban J connectivity index is 2.98. The Kier molecular flexibility index (Phi) is 5.28. The molecule has 0 unspecified atom stereocenters. The number of amides is 1. The van der Waals surface area contributed by atoms with E-state index in [0.29, 0.717) is 13.2 Å². The van der Waals surface area contributed by atoms with Crippen LogP contribution >= 0.6 is 0 Å². The molecule has 0 aliphatic heterocycles. The van der Waals surface area contributed by atoms with Crippen molar-refractivity contribution in [3.63, 3.8) is 0 Å². The van der Waals surface area contributed by atoms with Crippen LogP contribution in [0.5, 0.6) is 0 Å². The van der Waals surface area contributed by atoms with Gasteiger partial charge in [-0.15, -0.1) is 0 Å². The fourth-order valence-electron chi connectivity index (χ4n) is 1.74. The number of halogens is 1. The zero-order valence-electron chi connectivity index (χ0n) is 11.4. The van der Waals surface area contributed by atoms with Gasteiger partial charge in [0.1, 0.15) is 5.82 Å². The van der Waals surface area contributed by atoms with Crippen molar-refractivity contribution in [3.8, 4) is 0 Å². The fourth-order valence-corrected chi connectivity index (χ4v) is 1.74. The number of ether oxygens (including phenoxy) is 1. The Morgan fingerprint density at radius 2 is 2.11 bits per heavy atom. The molecule has 1 amide bonds. The molecule has 0 aliphatic rings. The highest BCUT2D eigenvalue weighted by Crippen LogP contribution is 2.14. The van der Waals surface area contributed by atoms with E-state index in [1.54, 1.807) is 24.1 Å². The van der Waals surface area contributed by atoms with Gasteiger partial charge in [-0.1, -0.05) is 11.6 Å². The largest absolute Gasteiger partial charge is 0.383 e. The second-order valence-corrected chi connectivity index (χ2v) is 4.57. The molecule has 1 aromatic rings. The third-order valence-corrected chi connectivity index (χ3v) is 2.77. The van der Waals surface area contributed by atoms with Crippen LogP contribution in [-0.2, 0) is 4.74 Å². The van der Waals surface area contributed by atoms with E-state index in [0.717, 1.165) is 5.56 Å². The third kappa shape index (κ3) is 3.53. The Morgan fingerprint density at radius 1 is 1.44 bits per heavy atom. The van der Waals surface area contributed by atoms with Crippen LogP contribution in [0.2, 0.25) is 0 Å². The fraction of sp³-hybridized carbons (Fsp3) is 0.500. The van der Waals surface area contributed by atoms with E-state index in [9.17, 15) is 9.18 Å². The summed E-state index contributed by atoms with van der Waals surface area (Å²) >= 11 is 0. The zero-order valence-corrected chi connectivity index (χ0v) is 11.4. The molecule has 0 heterocycles. The molecule has 0 atom stereocenters. The molecule has 1 rings (SSSR count). The summed E-state index contributed by atoms with van der Waals surface area (Å²) in [6.45, 7) is 6.55. The molecule has 100 valence electrons. The molecule has 0 spiro atoms. The van der Waals surface area contributed by atoms with Gasteiger partial charge in [0, 0.05) is 19.7 Å². The minimum Gasteiger partial charge on any atom is -0.383 e. The Labute approximate surface area is 108 Å². The van der Waals surface area contributed by atoms with Crippen LogP contribution in [0.15, 0.2) is 18.2 Å². The smallest absolute Gasteiger partial charge is 0.257 e. The predicted octanol–water partition coefficient (Wildman–Crippen LogP) is 2.63. The lowest BCUT2D eigenvalue weighted by Crippen LogP contribution is -2.39. The minimum absolute atomic E-state index is 0.00700. The second kappa shape index (κ2) is 6.50. The van der Waals surface area contributed by atoms with Crippen LogP contribution in [0, 0.1) is 12.7 Å². The number of carbonyl (C=O) groups excluding carboxylic acids is 1. The standard InChI is InChI=1S/C14H20FNO2/c1-10(2)16(7-8-18-4)14(17)12-9-11(3)5-6-13(12)15/h5-6,9-10H,7-8H2,1-4H3. The van der Waals surface area contributed by atoms with Crippen molar-refractivity contribution >= 4 is 5.91 Å². The Hall–Kier alpha value is -1.42.